The lowest BCUT2D eigenvalue weighted by atomic mass is 10.1. The molecule has 3 aromatic rings. The van der Waals surface area contributed by atoms with E-state index in [4.69, 9.17) is 0 Å². The number of hydrogen-bond acceptors (Lipinski definition) is 7. The van der Waals surface area contributed by atoms with E-state index in [9.17, 15) is 13.2 Å². The second-order valence-electron chi connectivity index (χ2n) is 6.13. The van der Waals surface area contributed by atoms with Gasteiger partial charge in [-0.05, 0) is 0 Å². The maximum absolute atomic E-state index is 13.0. The molecule has 0 unspecified atom stereocenters. The van der Waals surface area contributed by atoms with Gasteiger partial charge in [-0.15, -0.1) is 0 Å². The molecule has 0 bridgehead atoms. The molecule has 2 aromatic heterocycles. The van der Waals surface area contributed by atoms with Crippen molar-refractivity contribution in [2.24, 2.45) is 0 Å². The molecule has 0 saturated carbocycles. The monoisotopic (exact) mass is 404 g/mol. The zero-order chi connectivity index (χ0) is 19.0. The average Bonchev–Trinajstić information content (AvgIpc) is 3.26. The second kappa shape index (κ2) is 6.74. The van der Waals surface area contributed by atoms with Crippen molar-refractivity contribution in [2.75, 3.05) is 17.5 Å². The number of anilines is 1. The summed E-state index contributed by atoms with van der Waals surface area (Å²) >= 11 is 1.24. The molecule has 1 aliphatic heterocycles. The summed E-state index contributed by atoms with van der Waals surface area (Å²) in [6, 6.07) is 9.38. The molecule has 4 rings (SSSR count). The Kier molecular flexibility index (Phi) is 4.40. The highest BCUT2D eigenvalue weighted by Crippen LogP contribution is 2.30. The maximum atomic E-state index is 13.0. The van der Waals surface area contributed by atoms with Gasteiger partial charge in [-0.25, -0.2) is 13.4 Å². The van der Waals surface area contributed by atoms with Crippen molar-refractivity contribution < 1.29 is 13.2 Å². The van der Waals surface area contributed by atoms with Crippen LogP contribution in [0.15, 0.2) is 30.3 Å². The largest absolute Gasteiger partial charge is 0.332 e. The number of hydrogen-bond donors (Lipinski definition) is 2. The van der Waals surface area contributed by atoms with Gasteiger partial charge >= 0.3 is 0 Å². The third-order valence-corrected chi connectivity index (χ3v) is 5.78. The van der Waals surface area contributed by atoms with Crippen LogP contribution in [-0.2, 0) is 23.0 Å². The minimum atomic E-state index is -3.38. The molecule has 27 heavy (non-hydrogen) atoms. The SMILES string of the molecule is CS(=O)(=O)Nc1nc2c(s1)CN(C(=O)c1n[nH]nc1-c1ccccc1)CC2. The van der Waals surface area contributed by atoms with Crippen LogP contribution < -0.4 is 4.72 Å². The van der Waals surface area contributed by atoms with Crippen LogP contribution in [0.1, 0.15) is 21.1 Å². The smallest absolute Gasteiger partial charge is 0.277 e. The molecular weight excluding hydrogens is 388 g/mol. The van der Waals surface area contributed by atoms with Crippen LogP contribution in [0.25, 0.3) is 11.3 Å². The number of benzene rings is 1. The van der Waals surface area contributed by atoms with Gasteiger partial charge in [0.1, 0.15) is 5.69 Å². The Hall–Kier alpha value is -2.79. The van der Waals surface area contributed by atoms with Crippen LogP contribution in [0.5, 0.6) is 0 Å². The van der Waals surface area contributed by atoms with Crippen LogP contribution >= 0.6 is 11.3 Å². The van der Waals surface area contributed by atoms with E-state index in [1.165, 1.54) is 11.3 Å². The van der Waals surface area contributed by atoms with Crippen molar-refractivity contribution in [3.63, 3.8) is 0 Å². The summed E-state index contributed by atoms with van der Waals surface area (Å²) in [5, 5.41) is 11.0. The highest BCUT2D eigenvalue weighted by molar-refractivity contribution is 7.92. The number of amides is 1. The minimum Gasteiger partial charge on any atom is -0.332 e. The highest BCUT2D eigenvalue weighted by Gasteiger charge is 2.29. The van der Waals surface area contributed by atoms with Crippen molar-refractivity contribution in [1.29, 1.82) is 0 Å². The van der Waals surface area contributed by atoms with Crippen LogP contribution in [0.3, 0.4) is 0 Å². The first kappa shape index (κ1) is 17.6. The van der Waals surface area contributed by atoms with E-state index in [-0.39, 0.29) is 11.6 Å². The average molecular weight is 404 g/mol. The molecule has 0 aliphatic carbocycles. The Balaban J connectivity index is 1.57. The predicted molar refractivity (Wildman–Crippen MR) is 101 cm³/mol. The summed E-state index contributed by atoms with van der Waals surface area (Å²) in [6.45, 7) is 0.841. The molecule has 11 heteroatoms. The number of rotatable bonds is 4. The number of nitrogens with zero attached hydrogens (tertiary/aromatic N) is 4. The second-order valence-corrected chi connectivity index (χ2v) is 8.96. The van der Waals surface area contributed by atoms with E-state index in [2.05, 4.69) is 25.1 Å². The van der Waals surface area contributed by atoms with E-state index in [1.807, 2.05) is 30.3 Å². The molecule has 9 nitrogen and oxygen atoms in total. The first-order valence-electron chi connectivity index (χ1n) is 8.12. The summed E-state index contributed by atoms with van der Waals surface area (Å²) in [4.78, 5) is 19.8. The van der Waals surface area contributed by atoms with Crippen molar-refractivity contribution in [2.45, 2.75) is 13.0 Å². The molecule has 0 fully saturated rings. The van der Waals surface area contributed by atoms with Gasteiger partial charge in [0.15, 0.2) is 10.8 Å². The molecular formula is C16H16N6O3S2. The first-order valence-corrected chi connectivity index (χ1v) is 10.8. The van der Waals surface area contributed by atoms with Gasteiger partial charge in [-0.1, -0.05) is 41.7 Å². The fourth-order valence-corrected chi connectivity index (χ4v) is 4.76. The number of nitrogens with one attached hydrogen (secondary N) is 2. The summed E-state index contributed by atoms with van der Waals surface area (Å²) in [6.07, 6.45) is 1.64. The molecule has 0 saturated heterocycles. The summed E-state index contributed by atoms with van der Waals surface area (Å²) in [5.74, 6) is -0.223. The van der Waals surface area contributed by atoms with E-state index in [1.54, 1.807) is 4.90 Å². The Morgan fingerprint density at radius 2 is 2.04 bits per heavy atom. The molecule has 3 heterocycles. The van der Waals surface area contributed by atoms with Crippen molar-refractivity contribution in [3.05, 3.63) is 46.6 Å². The van der Waals surface area contributed by atoms with Gasteiger partial charge in [0.2, 0.25) is 10.0 Å². The number of carbonyl (C=O) groups is 1. The summed E-state index contributed by atoms with van der Waals surface area (Å²) < 4.78 is 25.2. The zero-order valence-corrected chi connectivity index (χ0v) is 16.0. The van der Waals surface area contributed by atoms with Crippen molar-refractivity contribution >= 4 is 32.4 Å². The Morgan fingerprint density at radius 3 is 2.78 bits per heavy atom. The fraction of sp³-hybridized carbons (Fsp3) is 0.250. The zero-order valence-electron chi connectivity index (χ0n) is 14.3. The highest BCUT2D eigenvalue weighted by atomic mass is 32.2. The third-order valence-electron chi connectivity index (χ3n) is 4.09. The lowest BCUT2D eigenvalue weighted by molar-refractivity contribution is 0.0731. The van der Waals surface area contributed by atoms with Gasteiger partial charge in [0, 0.05) is 23.4 Å². The van der Waals surface area contributed by atoms with Crippen LogP contribution in [0.2, 0.25) is 0 Å². The number of H-pyrrole nitrogens is 1. The normalized spacial score (nSPS) is 14.0. The van der Waals surface area contributed by atoms with E-state index in [0.717, 1.165) is 22.4 Å². The molecule has 0 atom stereocenters. The predicted octanol–water partition coefficient (Wildman–Crippen LogP) is 1.50. The van der Waals surface area contributed by atoms with E-state index >= 15 is 0 Å². The molecule has 0 spiro atoms. The number of carbonyl (C=O) groups excluding carboxylic acids is 1. The summed E-state index contributed by atoms with van der Waals surface area (Å²) in [5.41, 5.74) is 2.40. The number of aromatic amines is 1. The summed E-state index contributed by atoms with van der Waals surface area (Å²) in [7, 11) is -3.38. The number of fused-ring (bicyclic) bond motifs is 1. The Bertz CT molecular complexity index is 1090. The lowest BCUT2D eigenvalue weighted by Gasteiger charge is -2.25. The lowest BCUT2D eigenvalue weighted by Crippen LogP contribution is -2.36. The van der Waals surface area contributed by atoms with Gasteiger partial charge in [-0.3, -0.25) is 9.52 Å². The molecule has 2 N–H and O–H groups in total. The van der Waals surface area contributed by atoms with Crippen molar-refractivity contribution in [1.82, 2.24) is 25.3 Å². The first-order chi connectivity index (χ1) is 12.9. The van der Waals surface area contributed by atoms with Gasteiger partial charge in [-0.2, -0.15) is 15.4 Å². The molecule has 1 amide bonds. The third kappa shape index (κ3) is 3.69. The van der Waals surface area contributed by atoms with Crippen LogP contribution in [0.4, 0.5) is 5.13 Å². The van der Waals surface area contributed by atoms with Gasteiger partial charge in [0.25, 0.3) is 5.91 Å². The number of aromatic nitrogens is 4. The molecule has 1 aliphatic rings. The molecule has 1 aromatic carbocycles. The maximum Gasteiger partial charge on any atom is 0.277 e. The number of thiazole rings is 1. The fourth-order valence-electron chi connectivity index (χ4n) is 2.90. The quantitative estimate of drug-likeness (QED) is 0.680. The number of sulfonamides is 1. The Labute approximate surface area is 159 Å². The van der Waals surface area contributed by atoms with Gasteiger partial charge in [0.05, 0.1) is 18.5 Å². The van der Waals surface area contributed by atoms with E-state index in [0.29, 0.717) is 30.3 Å². The minimum absolute atomic E-state index is 0.223. The standard InChI is InChI=1S/C16H16N6O3S2/c1-27(24,25)20-16-17-11-7-8-22(9-12(11)26-16)15(23)14-13(18-21-19-14)10-5-3-2-4-6-10/h2-6H,7-9H2,1H3,(H,17,20)(H,18,19,21). The van der Waals surface area contributed by atoms with Gasteiger partial charge < -0.3 is 4.90 Å². The molecule has 140 valence electrons. The van der Waals surface area contributed by atoms with E-state index < -0.39 is 10.0 Å². The topological polar surface area (TPSA) is 121 Å². The van der Waals surface area contributed by atoms with Crippen LogP contribution in [0, 0.1) is 0 Å². The van der Waals surface area contributed by atoms with Crippen LogP contribution in [-0.4, -0.2) is 52.4 Å². The Morgan fingerprint density at radius 1 is 1.26 bits per heavy atom. The van der Waals surface area contributed by atoms with Crippen molar-refractivity contribution in [3.8, 4) is 11.3 Å². The molecule has 0 radical (unpaired) electrons.